The van der Waals surface area contributed by atoms with Crippen LogP contribution in [0, 0.1) is 5.92 Å². The number of hydrogen-bond acceptors (Lipinski definition) is 4. The number of benzene rings is 1. The van der Waals surface area contributed by atoms with Crippen LogP contribution in [0.4, 0.5) is 0 Å². The van der Waals surface area contributed by atoms with Gasteiger partial charge in [0.1, 0.15) is 6.04 Å². The van der Waals surface area contributed by atoms with Gasteiger partial charge in [-0.2, -0.15) is 0 Å². The highest BCUT2D eigenvalue weighted by Crippen LogP contribution is 2.20. The highest BCUT2D eigenvalue weighted by atomic mass is 16.2. The minimum Gasteiger partial charge on any atom is -0.357 e. The molecular formula is C19H30N4O2. The van der Waals surface area contributed by atoms with Crippen molar-refractivity contribution in [2.75, 3.05) is 40.3 Å². The first-order chi connectivity index (χ1) is 12.1. The predicted octanol–water partition coefficient (Wildman–Crippen LogP) is 0.911. The van der Waals surface area contributed by atoms with Crippen LogP contribution in [0.15, 0.2) is 30.3 Å². The van der Waals surface area contributed by atoms with Gasteiger partial charge in [0.05, 0.1) is 6.54 Å². The Hall–Kier alpha value is -1.92. The third kappa shape index (κ3) is 6.14. The van der Waals surface area contributed by atoms with Gasteiger partial charge in [0.15, 0.2) is 0 Å². The van der Waals surface area contributed by atoms with Gasteiger partial charge in [-0.05, 0) is 57.4 Å². The molecule has 138 valence electrons. The van der Waals surface area contributed by atoms with Crippen LogP contribution in [-0.2, 0) is 9.59 Å². The lowest BCUT2D eigenvalue weighted by Crippen LogP contribution is -2.45. The number of piperidine rings is 1. The first-order valence-corrected chi connectivity index (χ1v) is 9.07. The van der Waals surface area contributed by atoms with E-state index in [0.717, 1.165) is 44.0 Å². The van der Waals surface area contributed by atoms with E-state index in [1.165, 1.54) is 6.42 Å². The first kappa shape index (κ1) is 19.4. The minimum atomic E-state index is -0.646. The molecule has 0 aromatic heterocycles. The fourth-order valence-corrected chi connectivity index (χ4v) is 3.28. The average molecular weight is 346 g/mol. The quantitative estimate of drug-likeness (QED) is 0.654. The Kier molecular flexibility index (Phi) is 7.88. The van der Waals surface area contributed by atoms with E-state index in [1.807, 2.05) is 37.4 Å². The zero-order valence-corrected chi connectivity index (χ0v) is 15.3. The maximum absolute atomic E-state index is 12.4. The zero-order chi connectivity index (χ0) is 18.1. The van der Waals surface area contributed by atoms with E-state index in [0.29, 0.717) is 6.54 Å². The van der Waals surface area contributed by atoms with Gasteiger partial charge in [-0.15, -0.1) is 0 Å². The van der Waals surface area contributed by atoms with Crippen LogP contribution >= 0.6 is 0 Å². The zero-order valence-electron chi connectivity index (χ0n) is 15.3. The molecule has 0 saturated carbocycles. The maximum Gasteiger partial charge on any atom is 0.246 e. The Balaban J connectivity index is 1.85. The van der Waals surface area contributed by atoms with Crippen LogP contribution in [0.25, 0.3) is 0 Å². The lowest BCUT2D eigenvalue weighted by Gasteiger charge is -2.31. The number of likely N-dealkylation sites (N-methyl/N-ethyl adjacent to an activating group) is 1. The molecule has 25 heavy (non-hydrogen) atoms. The summed E-state index contributed by atoms with van der Waals surface area (Å²) in [4.78, 5) is 26.7. The van der Waals surface area contributed by atoms with Crippen LogP contribution in [-0.4, -0.2) is 57.0 Å². The van der Waals surface area contributed by atoms with Crippen molar-refractivity contribution in [1.82, 2.24) is 20.9 Å². The molecule has 6 nitrogen and oxygen atoms in total. The summed E-state index contributed by atoms with van der Waals surface area (Å²) < 4.78 is 0. The van der Waals surface area contributed by atoms with Gasteiger partial charge in [-0.25, -0.2) is 0 Å². The second-order valence-corrected chi connectivity index (χ2v) is 6.64. The molecule has 1 fully saturated rings. The van der Waals surface area contributed by atoms with Gasteiger partial charge in [-0.1, -0.05) is 30.3 Å². The monoisotopic (exact) mass is 346 g/mol. The summed E-state index contributed by atoms with van der Waals surface area (Å²) >= 11 is 0. The van der Waals surface area contributed by atoms with Crippen molar-refractivity contribution < 1.29 is 9.59 Å². The number of likely N-dealkylation sites (tertiary alicyclic amines) is 1. The third-order valence-electron chi connectivity index (χ3n) is 4.82. The van der Waals surface area contributed by atoms with E-state index < -0.39 is 6.04 Å². The second-order valence-electron chi connectivity index (χ2n) is 6.64. The molecule has 6 heteroatoms. The Morgan fingerprint density at radius 3 is 2.44 bits per heavy atom. The van der Waals surface area contributed by atoms with E-state index >= 15 is 0 Å². The smallest absolute Gasteiger partial charge is 0.246 e. The lowest BCUT2D eigenvalue weighted by molar-refractivity contribution is -0.129. The Bertz CT molecular complexity index is 542. The summed E-state index contributed by atoms with van der Waals surface area (Å²) in [5.74, 6) is 0.436. The Morgan fingerprint density at radius 1 is 1.16 bits per heavy atom. The van der Waals surface area contributed by atoms with Crippen LogP contribution < -0.4 is 16.0 Å². The summed E-state index contributed by atoms with van der Waals surface area (Å²) in [6.07, 6.45) is 3.46. The summed E-state index contributed by atoms with van der Waals surface area (Å²) in [7, 11) is 3.56. The molecule has 1 saturated heterocycles. The predicted molar refractivity (Wildman–Crippen MR) is 99.1 cm³/mol. The summed E-state index contributed by atoms with van der Waals surface area (Å²) in [6.45, 7) is 3.28. The van der Waals surface area contributed by atoms with Crippen LogP contribution in [0.3, 0.4) is 0 Å². The highest BCUT2D eigenvalue weighted by Gasteiger charge is 2.24. The molecule has 1 aliphatic heterocycles. The molecule has 1 aromatic carbocycles. The Morgan fingerprint density at radius 2 is 1.84 bits per heavy atom. The van der Waals surface area contributed by atoms with Crippen molar-refractivity contribution in [2.24, 2.45) is 5.92 Å². The number of carbonyl (C=O) groups excluding carboxylic acids is 2. The number of carbonyl (C=O) groups is 2. The van der Waals surface area contributed by atoms with Crippen molar-refractivity contribution in [3.63, 3.8) is 0 Å². The number of nitrogens with one attached hydrogen (secondary N) is 3. The van der Waals surface area contributed by atoms with Crippen molar-refractivity contribution in [3.05, 3.63) is 35.9 Å². The molecule has 0 aliphatic carbocycles. The second kappa shape index (κ2) is 10.2. The lowest BCUT2D eigenvalue weighted by atomic mass is 9.93. The molecule has 2 rings (SSSR count). The molecule has 0 bridgehead atoms. The van der Waals surface area contributed by atoms with Gasteiger partial charge in [-0.3, -0.25) is 14.5 Å². The van der Waals surface area contributed by atoms with Gasteiger partial charge in [0.25, 0.3) is 0 Å². The fourth-order valence-electron chi connectivity index (χ4n) is 3.28. The molecular weight excluding hydrogens is 316 g/mol. The summed E-state index contributed by atoms with van der Waals surface area (Å²) in [5.41, 5.74) is 0.793. The molecule has 1 heterocycles. The standard InChI is InChI=1S/C19H30N4O2/c1-20-11-8-15-9-12-23(13-10-15)14-17(24)22-18(19(25)21-2)16-6-4-3-5-7-16/h3-7,15,18,20H,8-14H2,1-2H3,(H,21,25)(H,22,24). The van der Waals surface area contributed by atoms with E-state index in [9.17, 15) is 9.59 Å². The SMILES string of the molecule is CNCCC1CCN(CC(=O)NC(C(=O)NC)c2ccccc2)CC1. The Labute approximate surface area is 150 Å². The van der Waals surface area contributed by atoms with Gasteiger partial charge < -0.3 is 16.0 Å². The average Bonchev–Trinajstić information content (AvgIpc) is 2.65. The van der Waals surface area contributed by atoms with Gasteiger partial charge in [0.2, 0.25) is 11.8 Å². The number of hydrogen-bond donors (Lipinski definition) is 3. The summed E-state index contributed by atoms with van der Waals surface area (Å²) in [6, 6.07) is 8.69. The number of amides is 2. The van der Waals surface area contributed by atoms with Crippen LogP contribution in [0.1, 0.15) is 30.9 Å². The molecule has 1 aliphatic rings. The summed E-state index contributed by atoms with van der Waals surface area (Å²) in [5, 5.41) is 8.69. The molecule has 2 amide bonds. The van der Waals surface area contributed by atoms with Crippen molar-refractivity contribution in [3.8, 4) is 0 Å². The number of nitrogens with zero attached hydrogens (tertiary/aromatic N) is 1. The topological polar surface area (TPSA) is 73.5 Å². The van der Waals surface area contributed by atoms with E-state index in [-0.39, 0.29) is 11.8 Å². The van der Waals surface area contributed by atoms with Crippen LogP contribution in [0.5, 0.6) is 0 Å². The van der Waals surface area contributed by atoms with Gasteiger partial charge in [0, 0.05) is 7.05 Å². The molecule has 0 radical (unpaired) electrons. The normalized spacial score (nSPS) is 17.0. The third-order valence-corrected chi connectivity index (χ3v) is 4.82. The molecule has 0 spiro atoms. The van der Waals surface area contributed by atoms with E-state index in [1.54, 1.807) is 7.05 Å². The van der Waals surface area contributed by atoms with Crippen LogP contribution in [0.2, 0.25) is 0 Å². The number of rotatable bonds is 8. The van der Waals surface area contributed by atoms with Crippen molar-refractivity contribution in [2.45, 2.75) is 25.3 Å². The fraction of sp³-hybridized carbons (Fsp3) is 0.579. The highest BCUT2D eigenvalue weighted by molar-refractivity contribution is 5.89. The van der Waals surface area contributed by atoms with E-state index in [2.05, 4.69) is 20.9 Å². The van der Waals surface area contributed by atoms with Crippen molar-refractivity contribution >= 4 is 11.8 Å². The molecule has 3 N–H and O–H groups in total. The maximum atomic E-state index is 12.4. The first-order valence-electron chi connectivity index (χ1n) is 9.07. The van der Waals surface area contributed by atoms with E-state index in [4.69, 9.17) is 0 Å². The largest absolute Gasteiger partial charge is 0.357 e. The van der Waals surface area contributed by atoms with Crippen molar-refractivity contribution in [1.29, 1.82) is 0 Å². The molecule has 1 unspecified atom stereocenters. The minimum absolute atomic E-state index is 0.105. The van der Waals surface area contributed by atoms with Gasteiger partial charge >= 0.3 is 0 Å². The molecule has 1 aromatic rings. The molecule has 1 atom stereocenters.